The predicted molar refractivity (Wildman–Crippen MR) is 177 cm³/mol. The second-order valence-corrected chi connectivity index (χ2v) is 12.6. The highest BCUT2D eigenvalue weighted by molar-refractivity contribution is 5.93. The molecule has 2 atom stereocenters. The number of carbonyl (C=O) groups excluding carboxylic acids is 4. The van der Waals surface area contributed by atoms with Gasteiger partial charge in [-0.25, -0.2) is 4.79 Å². The molecule has 1 aliphatic heterocycles. The van der Waals surface area contributed by atoms with Crippen LogP contribution in [0.4, 0.5) is 0 Å². The number of carboxylic acids is 1. The molecule has 1 heterocycles. The lowest BCUT2D eigenvalue weighted by Gasteiger charge is -2.24. The van der Waals surface area contributed by atoms with Gasteiger partial charge in [0.25, 0.3) is 0 Å². The van der Waals surface area contributed by atoms with Gasteiger partial charge in [0.15, 0.2) is 5.78 Å². The largest absolute Gasteiger partial charge is 0.480 e. The molecule has 3 N–H and O–H groups in total. The molecule has 1 saturated heterocycles. The van der Waals surface area contributed by atoms with E-state index in [1.165, 1.54) is 69.1 Å². The molecule has 2 rings (SSSR count). The van der Waals surface area contributed by atoms with Gasteiger partial charge in [-0.05, 0) is 31.7 Å². The van der Waals surface area contributed by atoms with Gasteiger partial charge < -0.3 is 20.6 Å². The van der Waals surface area contributed by atoms with E-state index in [9.17, 15) is 29.1 Å². The number of aryl methyl sites for hydroxylation is 1. The van der Waals surface area contributed by atoms with Crippen molar-refractivity contribution in [2.24, 2.45) is 0 Å². The van der Waals surface area contributed by atoms with Crippen molar-refractivity contribution in [2.45, 2.75) is 148 Å². The maximum Gasteiger partial charge on any atom is 0.326 e. The maximum absolute atomic E-state index is 12.9. The van der Waals surface area contributed by atoms with Crippen molar-refractivity contribution in [1.29, 1.82) is 0 Å². The smallest absolute Gasteiger partial charge is 0.326 e. The highest BCUT2D eigenvalue weighted by atomic mass is 16.4. The first kappa shape index (κ1) is 38.0. The van der Waals surface area contributed by atoms with Crippen LogP contribution in [0.3, 0.4) is 0 Å². The predicted octanol–water partition coefficient (Wildman–Crippen LogP) is 6.04. The number of likely N-dealkylation sites (tertiary alicyclic amines) is 1. The molecule has 1 aliphatic rings. The van der Waals surface area contributed by atoms with Crippen LogP contribution >= 0.6 is 0 Å². The zero-order chi connectivity index (χ0) is 32.9. The molecule has 9 heteroatoms. The van der Waals surface area contributed by atoms with Gasteiger partial charge in [-0.3, -0.25) is 19.2 Å². The number of carbonyl (C=O) groups is 5. The van der Waals surface area contributed by atoms with E-state index >= 15 is 0 Å². The topological polar surface area (TPSA) is 133 Å². The summed E-state index contributed by atoms with van der Waals surface area (Å²) >= 11 is 0. The number of benzene rings is 1. The Labute approximate surface area is 270 Å². The van der Waals surface area contributed by atoms with E-state index in [0.717, 1.165) is 30.4 Å². The Balaban J connectivity index is 1.59. The van der Waals surface area contributed by atoms with Gasteiger partial charge in [0.05, 0.1) is 12.6 Å². The normalized spacial score (nSPS) is 15.1. The van der Waals surface area contributed by atoms with Gasteiger partial charge in [-0.2, -0.15) is 0 Å². The molecule has 0 radical (unpaired) electrons. The summed E-state index contributed by atoms with van der Waals surface area (Å²) in [6.45, 7) is 4.48. The van der Waals surface area contributed by atoms with Crippen LogP contribution in [0.5, 0.6) is 0 Å². The van der Waals surface area contributed by atoms with Crippen LogP contribution in [-0.4, -0.2) is 64.7 Å². The van der Waals surface area contributed by atoms with Crippen molar-refractivity contribution < 1.29 is 29.1 Å². The second-order valence-electron chi connectivity index (χ2n) is 12.6. The Morgan fingerprint density at radius 3 is 1.96 bits per heavy atom. The highest BCUT2D eigenvalue weighted by Gasteiger charge is 2.34. The van der Waals surface area contributed by atoms with E-state index in [2.05, 4.69) is 17.6 Å². The SMILES string of the molecule is CCCCCCCCCCCCCCCC(=O)NCC(=O)N1CCC[C@H]1C(=O)CCC(=O)N[C@@H](Cc1ccc(C)cc1)C(=O)O. The zero-order valence-corrected chi connectivity index (χ0v) is 27.7. The Kier molecular flexibility index (Phi) is 18.8. The summed E-state index contributed by atoms with van der Waals surface area (Å²) in [4.78, 5) is 63.7. The molecule has 1 aromatic rings. The van der Waals surface area contributed by atoms with Crippen molar-refractivity contribution in [3.05, 3.63) is 35.4 Å². The molecule has 0 aromatic heterocycles. The highest BCUT2D eigenvalue weighted by Crippen LogP contribution is 2.20. The van der Waals surface area contributed by atoms with E-state index in [1.807, 2.05) is 31.2 Å². The Hall–Kier alpha value is -3.23. The molecular formula is C36H57N3O6. The number of Topliss-reactive ketones (excluding diaryl/α,β-unsaturated/α-hetero) is 1. The number of aliphatic carboxylic acids is 1. The van der Waals surface area contributed by atoms with E-state index in [1.54, 1.807) is 0 Å². The molecule has 0 bridgehead atoms. The zero-order valence-electron chi connectivity index (χ0n) is 27.7. The minimum absolute atomic E-state index is 0.0808. The Morgan fingerprint density at radius 1 is 0.800 bits per heavy atom. The first-order valence-corrected chi connectivity index (χ1v) is 17.4. The summed E-state index contributed by atoms with van der Waals surface area (Å²) < 4.78 is 0. The molecule has 1 fully saturated rings. The van der Waals surface area contributed by atoms with Gasteiger partial charge in [0.1, 0.15) is 6.04 Å². The summed E-state index contributed by atoms with van der Waals surface area (Å²) in [6, 6.07) is 5.71. The van der Waals surface area contributed by atoms with Gasteiger partial charge in [0.2, 0.25) is 17.7 Å². The Bertz CT molecular complexity index is 1060. The average Bonchev–Trinajstić information content (AvgIpc) is 3.52. The quantitative estimate of drug-likeness (QED) is 0.120. The van der Waals surface area contributed by atoms with Crippen LogP contribution in [0.15, 0.2) is 24.3 Å². The molecule has 9 nitrogen and oxygen atoms in total. The Morgan fingerprint density at radius 2 is 1.38 bits per heavy atom. The molecule has 0 aliphatic carbocycles. The van der Waals surface area contributed by atoms with Crippen LogP contribution in [-0.2, 0) is 30.4 Å². The van der Waals surface area contributed by atoms with Crippen molar-refractivity contribution in [3.63, 3.8) is 0 Å². The number of nitrogens with one attached hydrogen (secondary N) is 2. The minimum Gasteiger partial charge on any atom is -0.480 e. The van der Waals surface area contributed by atoms with Crippen LogP contribution in [0.1, 0.15) is 134 Å². The molecule has 0 spiro atoms. The number of nitrogens with zero attached hydrogens (tertiary/aromatic N) is 1. The standard InChI is InChI=1S/C36H57N3O6/c1-3-4-5-6-7-8-9-10-11-12-13-14-15-18-33(41)37-27-35(43)39-25-16-17-31(39)32(40)23-24-34(42)38-30(36(44)45)26-29-21-19-28(2)20-22-29/h19-22,30-31H,3-18,23-27H2,1-2H3,(H,37,41)(H,38,42)(H,44,45)/t30-,31-/m0/s1. The van der Waals surface area contributed by atoms with Crippen LogP contribution in [0.2, 0.25) is 0 Å². The third kappa shape index (κ3) is 16.1. The van der Waals surface area contributed by atoms with E-state index in [4.69, 9.17) is 0 Å². The first-order chi connectivity index (χ1) is 21.7. The molecule has 1 aromatic carbocycles. The number of unbranched alkanes of at least 4 members (excludes halogenated alkanes) is 12. The summed E-state index contributed by atoms with van der Waals surface area (Å²) in [5.74, 6) is -2.32. The minimum atomic E-state index is -1.14. The van der Waals surface area contributed by atoms with Gasteiger partial charge in [-0.15, -0.1) is 0 Å². The number of hydrogen-bond donors (Lipinski definition) is 3. The summed E-state index contributed by atoms with van der Waals surface area (Å²) in [5, 5.41) is 14.8. The molecule has 3 amide bonds. The number of ketones is 1. The number of carboxylic acid groups (broad SMARTS) is 1. The lowest BCUT2D eigenvalue weighted by Crippen LogP contribution is -2.46. The fourth-order valence-electron chi connectivity index (χ4n) is 5.90. The lowest BCUT2D eigenvalue weighted by molar-refractivity contribution is -0.142. The fourth-order valence-corrected chi connectivity index (χ4v) is 5.90. The van der Waals surface area contributed by atoms with Gasteiger partial charge in [0, 0.05) is 32.2 Å². The third-order valence-electron chi connectivity index (χ3n) is 8.68. The lowest BCUT2D eigenvalue weighted by atomic mass is 10.0. The molecule has 252 valence electrons. The van der Waals surface area contributed by atoms with Crippen LogP contribution in [0.25, 0.3) is 0 Å². The van der Waals surface area contributed by atoms with E-state index in [-0.39, 0.29) is 43.4 Å². The summed E-state index contributed by atoms with van der Waals surface area (Å²) in [6.07, 6.45) is 17.6. The number of hydrogen-bond acceptors (Lipinski definition) is 5. The monoisotopic (exact) mass is 627 g/mol. The third-order valence-corrected chi connectivity index (χ3v) is 8.68. The van der Waals surface area contributed by atoms with Gasteiger partial charge >= 0.3 is 5.97 Å². The van der Waals surface area contributed by atoms with Crippen molar-refractivity contribution in [2.75, 3.05) is 13.1 Å². The van der Waals surface area contributed by atoms with E-state index < -0.39 is 24.0 Å². The maximum atomic E-state index is 12.9. The van der Waals surface area contributed by atoms with Crippen molar-refractivity contribution >= 4 is 29.5 Å². The molecule has 0 saturated carbocycles. The molecule has 0 unspecified atom stereocenters. The van der Waals surface area contributed by atoms with Crippen LogP contribution in [0, 0.1) is 6.92 Å². The summed E-state index contributed by atoms with van der Waals surface area (Å²) in [7, 11) is 0. The van der Waals surface area contributed by atoms with Crippen LogP contribution < -0.4 is 10.6 Å². The average molecular weight is 628 g/mol. The van der Waals surface area contributed by atoms with E-state index in [0.29, 0.717) is 25.8 Å². The van der Waals surface area contributed by atoms with Gasteiger partial charge in [-0.1, -0.05) is 114 Å². The van der Waals surface area contributed by atoms with Crippen molar-refractivity contribution in [1.82, 2.24) is 15.5 Å². The second kappa shape index (κ2) is 22.3. The summed E-state index contributed by atoms with van der Waals surface area (Å²) in [5.41, 5.74) is 1.85. The molecular weight excluding hydrogens is 570 g/mol. The van der Waals surface area contributed by atoms with Crippen molar-refractivity contribution in [3.8, 4) is 0 Å². The first-order valence-electron chi connectivity index (χ1n) is 17.4. The number of amides is 3. The number of rotatable bonds is 24. The fraction of sp³-hybridized carbons (Fsp3) is 0.694. The molecule has 45 heavy (non-hydrogen) atoms.